The quantitative estimate of drug-likeness (QED) is 0.498. The van der Waals surface area contributed by atoms with E-state index in [2.05, 4.69) is 15.3 Å². The van der Waals surface area contributed by atoms with E-state index < -0.39 is 5.97 Å². The molecule has 0 saturated carbocycles. The van der Waals surface area contributed by atoms with Crippen molar-refractivity contribution in [1.82, 2.24) is 5.43 Å². The topological polar surface area (TPSA) is 77.0 Å². The maximum Gasteiger partial charge on any atom is 0.337 e. The van der Waals surface area contributed by atoms with Crippen LogP contribution in [0.25, 0.3) is 0 Å². The summed E-state index contributed by atoms with van der Waals surface area (Å²) in [5.74, 6) is -0.124. The maximum atomic E-state index is 11.7. The molecule has 130 valence electrons. The van der Waals surface area contributed by atoms with Crippen LogP contribution in [0.2, 0.25) is 0 Å². The molecule has 0 fully saturated rings. The summed E-state index contributed by atoms with van der Waals surface area (Å²) in [5.41, 5.74) is 5.85. The van der Waals surface area contributed by atoms with Crippen LogP contribution in [0, 0.1) is 13.8 Å². The highest BCUT2D eigenvalue weighted by Crippen LogP contribution is 2.16. The van der Waals surface area contributed by atoms with Gasteiger partial charge in [0.1, 0.15) is 5.75 Å². The molecule has 2 aromatic rings. The van der Waals surface area contributed by atoms with Gasteiger partial charge in [0.05, 0.1) is 18.9 Å². The van der Waals surface area contributed by atoms with Crippen LogP contribution in [-0.2, 0) is 9.53 Å². The molecule has 0 aliphatic rings. The zero-order valence-electron chi connectivity index (χ0n) is 14.4. The molecule has 0 aliphatic carbocycles. The number of ether oxygens (including phenoxy) is 2. The fourth-order valence-corrected chi connectivity index (χ4v) is 1.99. The van der Waals surface area contributed by atoms with Crippen molar-refractivity contribution in [2.75, 3.05) is 13.7 Å². The first-order chi connectivity index (χ1) is 12.0. The smallest absolute Gasteiger partial charge is 0.337 e. The van der Waals surface area contributed by atoms with Gasteiger partial charge in [-0.15, -0.1) is 0 Å². The largest absolute Gasteiger partial charge is 0.484 e. The van der Waals surface area contributed by atoms with E-state index in [0.717, 1.165) is 11.1 Å². The standard InChI is InChI=1S/C19H20N2O4/c1-13-4-9-17(10-14(13)2)25-12-18(22)21-20-11-15-5-7-16(8-6-15)19(23)24-3/h4-11H,12H2,1-3H3,(H,21,22). The minimum Gasteiger partial charge on any atom is -0.484 e. The van der Waals surface area contributed by atoms with Gasteiger partial charge in [-0.25, -0.2) is 10.2 Å². The van der Waals surface area contributed by atoms with Crippen LogP contribution in [0.5, 0.6) is 5.75 Å². The predicted octanol–water partition coefficient (Wildman–Crippen LogP) is 2.62. The fourth-order valence-electron chi connectivity index (χ4n) is 1.99. The second kappa shape index (κ2) is 8.63. The number of hydrogen-bond donors (Lipinski definition) is 1. The van der Waals surface area contributed by atoms with E-state index in [-0.39, 0.29) is 12.5 Å². The number of carbonyl (C=O) groups is 2. The first kappa shape index (κ1) is 18.2. The number of hydrazone groups is 1. The van der Waals surface area contributed by atoms with Crippen molar-refractivity contribution >= 4 is 18.1 Å². The van der Waals surface area contributed by atoms with Crippen molar-refractivity contribution in [3.63, 3.8) is 0 Å². The van der Waals surface area contributed by atoms with E-state index in [1.54, 1.807) is 24.3 Å². The highest BCUT2D eigenvalue weighted by Gasteiger charge is 2.04. The van der Waals surface area contributed by atoms with E-state index in [4.69, 9.17) is 4.74 Å². The Labute approximate surface area is 146 Å². The number of carbonyl (C=O) groups excluding carboxylic acids is 2. The zero-order chi connectivity index (χ0) is 18.2. The molecule has 1 amide bonds. The van der Waals surface area contributed by atoms with E-state index in [0.29, 0.717) is 11.3 Å². The van der Waals surface area contributed by atoms with E-state index in [1.165, 1.54) is 18.9 Å². The number of nitrogens with one attached hydrogen (secondary N) is 1. The molecule has 0 heterocycles. The van der Waals surface area contributed by atoms with E-state index in [1.807, 2.05) is 32.0 Å². The summed E-state index contributed by atoms with van der Waals surface area (Å²) in [4.78, 5) is 23.1. The number of aryl methyl sites for hydroxylation is 2. The van der Waals surface area contributed by atoms with Gasteiger partial charge in [0.2, 0.25) is 0 Å². The van der Waals surface area contributed by atoms with Crippen LogP contribution in [0.15, 0.2) is 47.6 Å². The van der Waals surface area contributed by atoms with Crippen molar-refractivity contribution < 1.29 is 19.1 Å². The molecule has 0 saturated heterocycles. The first-order valence-corrected chi connectivity index (χ1v) is 7.70. The second-order valence-electron chi connectivity index (χ2n) is 5.44. The number of methoxy groups -OCH3 is 1. The summed E-state index contributed by atoms with van der Waals surface area (Å²) in [6.07, 6.45) is 1.48. The molecule has 0 spiro atoms. The molecule has 0 aliphatic heterocycles. The molecule has 25 heavy (non-hydrogen) atoms. The van der Waals surface area contributed by atoms with Crippen LogP contribution >= 0.6 is 0 Å². The third-order valence-corrected chi connectivity index (χ3v) is 3.58. The number of hydrogen-bond acceptors (Lipinski definition) is 5. The minimum atomic E-state index is -0.403. The van der Waals surface area contributed by atoms with Crippen LogP contribution in [-0.4, -0.2) is 31.8 Å². The SMILES string of the molecule is COC(=O)c1ccc(C=NNC(=O)COc2ccc(C)c(C)c2)cc1. The van der Waals surface area contributed by atoms with Crippen LogP contribution in [0.1, 0.15) is 27.0 Å². The van der Waals surface area contributed by atoms with Gasteiger partial charge < -0.3 is 9.47 Å². The Morgan fingerprint density at radius 3 is 2.44 bits per heavy atom. The molecule has 2 aromatic carbocycles. The lowest BCUT2D eigenvalue weighted by Crippen LogP contribution is -2.24. The van der Waals surface area contributed by atoms with Gasteiger partial charge in [0, 0.05) is 0 Å². The number of rotatable bonds is 6. The number of amides is 1. The van der Waals surface area contributed by atoms with Crippen molar-refractivity contribution in [1.29, 1.82) is 0 Å². The fraction of sp³-hybridized carbons (Fsp3) is 0.211. The van der Waals surface area contributed by atoms with Crippen LogP contribution in [0.3, 0.4) is 0 Å². The van der Waals surface area contributed by atoms with E-state index in [9.17, 15) is 9.59 Å². The lowest BCUT2D eigenvalue weighted by atomic mass is 10.1. The van der Waals surface area contributed by atoms with Crippen molar-refractivity contribution in [2.24, 2.45) is 5.10 Å². The molecular weight excluding hydrogens is 320 g/mol. The van der Waals surface area contributed by atoms with Crippen LogP contribution in [0.4, 0.5) is 0 Å². The summed E-state index contributed by atoms with van der Waals surface area (Å²) in [5, 5.41) is 3.86. The lowest BCUT2D eigenvalue weighted by molar-refractivity contribution is -0.123. The maximum absolute atomic E-state index is 11.7. The lowest BCUT2D eigenvalue weighted by Gasteiger charge is -2.07. The predicted molar refractivity (Wildman–Crippen MR) is 94.9 cm³/mol. The van der Waals surface area contributed by atoms with Gasteiger partial charge in [-0.2, -0.15) is 5.10 Å². The van der Waals surface area contributed by atoms with Crippen molar-refractivity contribution in [2.45, 2.75) is 13.8 Å². The molecular formula is C19H20N2O4. The third kappa shape index (κ3) is 5.46. The zero-order valence-corrected chi connectivity index (χ0v) is 14.4. The molecule has 0 aromatic heterocycles. The summed E-state index contributed by atoms with van der Waals surface area (Å²) in [6, 6.07) is 12.3. The molecule has 2 rings (SSSR count). The Bertz CT molecular complexity index is 783. The molecule has 1 N–H and O–H groups in total. The summed E-state index contributed by atoms with van der Waals surface area (Å²) in [7, 11) is 1.33. The van der Waals surface area contributed by atoms with Gasteiger partial charge in [-0.05, 0) is 54.8 Å². The Morgan fingerprint density at radius 1 is 1.08 bits per heavy atom. The summed E-state index contributed by atoms with van der Waals surface area (Å²) in [6.45, 7) is 3.87. The Kier molecular flexibility index (Phi) is 6.28. The number of nitrogens with zero attached hydrogens (tertiary/aromatic N) is 1. The average molecular weight is 340 g/mol. The Balaban J connectivity index is 1.81. The monoisotopic (exact) mass is 340 g/mol. The molecule has 0 unspecified atom stereocenters. The number of benzene rings is 2. The molecule has 6 heteroatoms. The van der Waals surface area contributed by atoms with Crippen molar-refractivity contribution in [3.8, 4) is 5.75 Å². The number of esters is 1. The van der Waals surface area contributed by atoms with E-state index >= 15 is 0 Å². The summed E-state index contributed by atoms with van der Waals surface area (Å²) >= 11 is 0. The van der Waals surface area contributed by atoms with Gasteiger partial charge in [0.25, 0.3) is 5.91 Å². The van der Waals surface area contributed by atoms with Gasteiger partial charge >= 0.3 is 5.97 Å². The van der Waals surface area contributed by atoms with Crippen molar-refractivity contribution in [3.05, 3.63) is 64.7 Å². The van der Waals surface area contributed by atoms with Gasteiger partial charge in [-0.3, -0.25) is 4.79 Å². The second-order valence-corrected chi connectivity index (χ2v) is 5.44. The highest BCUT2D eigenvalue weighted by atomic mass is 16.5. The normalized spacial score (nSPS) is 10.5. The highest BCUT2D eigenvalue weighted by molar-refractivity contribution is 5.90. The molecule has 0 bridgehead atoms. The Hall–Kier alpha value is -3.15. The molecule has 0 radical (unpaired) electrons. The minimum absolute atomic E-state index is 0.124. The average Bonchev–Trinajstić information content (AvgIpc) is 2.62. The first-order valence-electron chi connectivity index (χ1n) is 7.70. The molecule has 6 nitrogen and oxygen atoms in total. The summed E-state index contributed by atoms with van der Waals surface area (Å²) < 4.78 is 10.0. The molecule has 0 atom stereocenters. The van der Waals surface area contributed by atoms with Gasteiger partial charge in [0.15, 0.2) is 6.61 Å². The Morgan fingerprint density at radius 2 is 1.80 bits per heavy atom. The van der Waals surface area contributed by atoms with Gasteiger partial charge in [-0.1, -0.05) is 18.2 Å². The third-order valence-electron chi connectivity index (χ3n) is 3.58. The van der Waals surface area contributed by atoms with Crippen LogP contribution < -0.4 is 10.2 Å².